The van der Waals surface area contributed by atoms with Gasteiger partial charge in [-0.15, -0.1) is 0 Å². The quantitative estimate of drug-likeness (QED) is 0.407. The Labute approximate surface area is 157 Å². The van der Waals surface area contributed by atoms with Crippen LogP contribution >= 0.6 is 0 Å². The Morgan fingerprint density at radius 2 is 1.36 bits per heavy atom. The summed E-state index contributed by atoms with van der Waals surface area (Å²) in [5.74, 6) is 0.417. The van der Waals surface area contributed by atoms with Crippen LogP contribution in [-0.4, -0.2) is 5.11 Å². The van der Waals surface area contributed by atoms with E-state index in [1.54, 1.807) is 0 Å². The van der Waals surface area contributed by atoms with Crippen molar-refractivity contribution in [1.29, 1.82) is 0 Å². The molecule has 0 fully saturated rings. The second-order valence-electron chi connectivity index (χ2n) is 9.80. The van der Waals surface area contributed by atoms with Crippen LogP contribution in [0.3, 0.4) is 0 Å². The first-order valence-corrected chi connectivity index (χ1v) is 10.4. The van der Waals surface area contributed by atoms with Crippen LogP contribution in [0, 0.1) is 10.8 Å². The van der Waals surface area contributed by atoms with E-state index in [2.05, 4.69) is 47.6 Å². The molecular weight excluding hydrogens is 304 g/mol. The summed E-state index contributed by atoms with van der Waals surface area (Å²) in [6.07, 6.45) is 12.5. The van der Waals surface area contributed by atoms with Gasteiger partial charge in [0.1, 0.15) is 5.75 Å². The largest absolute Gasteiger partial charge is 0.508 e. The maximum Gasteiger partial charge on any atom is 0.115 e. The van der Waals surface area contributed by atoms with Gasteiger partial charge in [-0.25, -0.2) is 0 Å². The monoisotopic (exact) mass is 346 g/mol. The van der Waals surface area contributed by atoms with Crippen molar-refractivity contribution in [3.8, 4) is 5.75 Å². The highest BCUT2D eigenvalue weighted by molar-refractivity contribution is 5.35. The molecule has 1 heteroatoms. The Morgan fingerprint density at radius 3 is 2.00 bits per heavy atom. The minimum atomic E-state index is 0.417. The number of phenols is 1. The van der Waals surface area contributed by atoms with Gasteiger partial charge in [0.15, 0.2) is 0 Å². The minimum absolute atomic E-state index is 0.417. The average molecular weight is 347 g/mol. The van der Waals surface area contributed by atoms with Gasteiger partial charge in [-0.3, -0.25) is 0 Å². The van der Waals surface area contributed by atoms with E-state index in [0.717, 1.165) is 12.8 Å². The van der Waals surface area contributed by atoms with Crippen molar-refractivity contribution in [2.75, 3.05) is 0 Å². The molecule has 0 bridgehead atoms. The molecule has 0 aliphatic carbocycles. The third-order valence-corrected chi connectivity index (χ3v) is 5.57. The van der Waals surface area contributed by atoms with Gasteiger partial charge in [-0.1, -0.05) is 73.3 Å². The molecule has 0 amide bonds. The number of phenolic OH excluding ortho intramolecular Hbond substituents is 1. The predicted molar refractivity (Wildman–Crippen MR) is 111 cm³/mol. The van der Waals surface area contributed by atoms with Crippen LogP contribution in [-0.2, 0) is 12.8 Å². The highest BCUT2D eigenvalue weighted by Crippen LogP contribution is 2.28. The van der Waals surface area contributed by atoms with Crippen molar-refractivity contribution in [1.82, 2.24) is 0 Å². The summed E-state index contributed by atoms with van der Waals surface area (Å²) in [5.41, 5.74) is 3.73. The Hall–Kier alpha value is -0.980. The summed E-state index contributed by atoms with van der Waals surface area (Å²) in [4.78, 5) is 0. The molecule has 0 aromatic heterocycles. The van der Waals surface area contributed by atoms with Crippen LogP contribution < -0.4 is 0 Å². The summed E-state index contributed by atoms with van der Waals surface area (Å²) in [6, 6.07) is 5.99. The van der Waals surface area contributed by atoms with Crippen molar-refractivity contribution in [3.63, 3.8) is 0 Å². The summed E-state index contributed by atoms with van der Waals surface area (Å²) < 4.78 is 0. The van der Waals surface area contributed by atoms with Crippen molar-refractivity contribution >= 4 is 0 Å². The fourth-order valence-electron chi connectivity index (χ4n) is 3.33. The zero-order valence-corrected chi connectivity index (χ0v) is 17.8. The Kier molecular flexibility index (Phi) is 9.03. The zero-order valence-electron chi connectivity index (χ0n) is 17.8. The van der Waals surface area contributed by atoms with Gasteiger partial charge in [0.25, 0.3) is 0 Å². The molecule has 0 radical (unpaired) electrons. The van der Waals surface area contributed by atoms with Gasteiger partial charge in [-0.2, -0.15) is 0 Å². The molecule has 0 saturated heterocycles. The van der Waals surface area contributed by atoms with Gasteiger partial charge in [-0.05, 0) is 72.6 Å². The summed E-state index contributed by atoms with van der Waals surface area (Å²) in [5, 5.41) is 9.86. The Bertz CT molecular complexity index is 493. The Balaban J connectivity index is 2.44. The lowest BCUT2D eigenvalue weighted by Crippen LogP contribution is -2.09. The second-order valence-corrected chi connectivity index (χ2v) is 9.80. The molecule has 0 heterocycles. The SMILES string of the molecule is CCC(C)(C)CCCCc1cc(O)ccc1CCCCCC(C)(C)C. The molecule has 0 aliphatic rings. The van der Waals surface area contributed by atoms with Crippen LogP contribution in [0.5, 0.6) is 5.75 Å². The van der Waals surface area contributed by atoms with E-state index >= 15 is 0 Å². The third kappa shape index (κ3) is 9.92. The lowest BCUT2D eigenvalue weighted by molar-refractivity contribution is 0.309. The molecule has 1 N–H and O–H groups in total. The summed E-state index contributed by atoms with van der Waals surface area (Å²) in [7, 11) is 0. The molecule has 144 valence electrons. The topological polar surface area (TPSA) is 20.2 Å². The Morgan fingerprint density at radius 1 is 0.760 bits per heavy atom. The van der Waals surface area contributed by atoms with Crippen molar-refractivity contribution in [2.45, 2.75) is 106 Å². The first-order chi connectivity index (χ1) is 11.6. The molecule has 0 spiro atoms. The van der Waals surface area contributed by atoms with Gasteiger partial charge in [0.05, 0.1) is 0 Å². The van der Waals surface area contributed by atoms with E-state index in [1.165, 1.54) is 62.5 Å². The highest BCUT2D eigenvalue weighted by Gasteiger charge is 2.14. The van der Waals surface area contributed by atoms with E-state index in [4.69, 9.17) is 0 Å². The molecule has 0 unspecified atom stereocenters. The summed E-state index contributed by atoms with van der Waals surface area (Å²) in [6.45, 7) is 14.0. The minimum Gasteiger partial charge on any atom is -0.508 e. The van der Waals surface area contributed by atoms with E-state index in [1.807, 2.05) is 12.1 Å². The molecule has 0 atom stereocenters. The smallest absolute Gasteiger partial charge is 0.115 e. The van der Waals surface area contributed by atoms with Gasteiger partial charge in [0.2, 0.25) is 0 Å². The van der Waals surface area contributed by atoms with E-state index in [9.17, 15) is 5.11 Å². The number of hydrogen-bond donors (Lipinski definition) is 1. The number of unbranched alkanes of at least 4 members (excludes halogenated alkanes) is 3. The number of aromatic hydroxyl groups is 1. The van der Waals surface area contributed by atoms with Crippen LogP contribution in [0.2, 0.25) is 0 Å². The van der Waals surface area contributed by atoms with Crippen molar-refractivity contribution in [3.05, 3.63) is 29.3 Å². The maximum atomic E-state index is 9.86. The molecule has 25 heavy (non-hydrogen) atoms. The molecule has 1 aromatic rings. The first kappa shape index (κ1) is 22.1. The first-order valence-electron chi connectivity index (χ1n) is 10.4. The van der Waals surface area contributed by atoms with Gasteiger partial charge >= 0.3 is 0 Å². The van der Waals surface area contributed by atoms with Crippen LogP contribution in [0.15, 0.2) is 18.2 Å². The van der Waals surface area contributed by atoms with Crippen LogP contribution in [0.25, 0.3) is 0 Å². The number of aryl methyl sites for hydroxylation is 2. The third-order valence-electron chi connectivity index (χ3n) is 5.57. The highest BCUT2D eigenvalue weighted by atomic mass is 16.3. The molecule has 1 rings (SSSR count). The molecular formula is C24H42O. The average Bonchev–Trinajstić information content (AvgIpc) is 2.52. The van der Waals surface area contributed by atoms with E-state index in [-0.39, 0.29) is 0 Å². The van der Waals surface area contributed by atoms with Gasteiger partial charge < -0.3 is 5.11 Å². The van der Waals surface area contributed by atoms with Crippen LogP contribution in [0.4, 0.5) is 0 Å². The fourth-order valence-corrected chi connectivity index (χ4v) is 3.33. The second kappa shape index (κ2) is 10.2. The number of hydrogen-bond acceptors (Lipinski definition) is 1. The lowest BCUT2D eigenvalue weighted by atomic mass is 9.84. The molecule has 1 aromatic carbocycles. The van der Waals surface area contributed by atoms with Crippen molar-refractivity contribution in [2.24, 2.45) is 10.8 Å². The lowest BCUT2D eigenvalue weighted by Gasteiger charge is -2.22. The molecule has 0 aliphatic heterocycles. The number of rotatable bonds is 11. The maximum absolute atomic E-state index is 9.86. The fraction of sp³-hybridized carbons (Fsp3) is 0.750. The molecule has 0 saturated carbocycles. The van der Waals surface area contributed by atoms with Gasteiger partial charge in [0, 0.05) is 0 Å². The summed E-state index contributed by atoms with van der Waals surface area (Å²) >= 11 is 0. The van der Waals surface area contributed by atoms with E-state index < -0.39 is 0 Å². The standard InChI is InChI=1S/C24H42O/c1-7-24(5,6)18-12-10-14-21-19-22(25)16-15-20(21)13-9-8-11-17-23(2,3)4/h15-16,19,25H,7-14,17-18H2,1-6H3. The number of benzene rings is 1. The van der Waals surface area contributed by atoms with E-state index in [0.29, 0.717) is 16.6 Å². The predicted octanol–water partition coefficient (Wildman–Crippen LogP) is 7.69. The van der Waals surface area contributed by atoms with Crippen molar-refractivity contribution < 1.29 is 5.11 Å². The van der Waals surface area contributed by atoms with Crippen LogP contribution in [0.1, 0.15) is 104 Å². The zero-order chi connectivity index (χ0) is 18.9. The normalized spacial score (nSPS) is 12.6. The molecule has 1 nitrogen and oxygen atoms in total.